The van der Waals surface area contributed by atoms with E-state index in [-0.39, 0.29) is 30.7 Å². The van der Waals surface area contributed by atoms with E-state index in [1.165, 1.54) is 0 Å². The maximum Gasteiger partial charge on any atom is 0.242 e. The number of nitrogens with one attached hydrogen (secondary N) is 1. The summed E-state index contributed by atoms with van der Waals surface area (Å²) in [5.74, 6) is 0.188. The molecule has 1 saturated heterocycles. The summed E-state index contributed by atoms with van der Waals surface area (Å²) in [5.41, 5.74) is 2.16. The Bertz CT molecular complexity index is 672. The SMILES string of the molecule is CNC1CCCN(C(=O)CN(Cc2cccnc2)c2ccccc2)C1.Cl.Cl. The fraction of sp³-hybridized carbons (Fsp3) is 0.400. The van der Waals surface area contributed by atoms with Gasteiger partial charge in [-0.25, -0.2) is 0 Å². The molecule has 0 bridgehead atoms. The number of rotatable bonds is 6. The number of likely N-dealkylation sites (N-methyl/N-ethyl adjacent to an activating group) is 1. The molecule has 148 valence electrons. The van der Waals surface area contributed by atoms with E-state index in [0.29, 0.717) is 19.1 Å². The molecular weight excluding hydrogens is 383 g/mol. The fourth-order valence-corrected chi connectivity index (χ4v) is 3.29. The van der Waals surface area contributed by atoms with Gasteiger partial charge in [-0.2, -0.15) is 0 Å². The molecule has 1 N–H and O–H groups in total. The second kappa shape index (κ2) is 11.8. The Morgan fingerprint density at radius 1 is 1.22 bits per heavy atom. The molecule has 7 heteroatoms. The van der Waals surface area contributed by atoms with Crippen molar-refractivity contribution in [1.29, 1.82) is 0 Å². The summed E-state index contributed by atoms with van der Waals surface area (Å²) in [6.07, 6.45) is 5.83. The molecule has 2 aromatic rings. The zero-order valence-electron chi connectivity index (χ0n) is 15.6. The molecule has 1 atom stereocenters. The van der Waals surface area contributed by atoms with Crippen molar-refractivity contribution in [3.63, 3.8) is 0 Å². The first-order chi connectivity index (χ1) is 12.3. The third-order valence-electron chi connectivity index (χ3n) is 4.73. The van der Waals surface area contributed by atoms with Crippen LogP contribution in [0.5, 0.6) is 0 Å². The molecule has 0 saturated carbocycles. The second-order valence-corrected chi connectivity index (χ2v) is 6.52. The number of carbonyl (C=O) groups excluding carboxylic acids is 1. The van der Waals surface area contributed by atoms with Crippen LogP contribution >= 0.6 is 24.8 Å². The third-order valence-corrected chi connectivity index (χ3v) is 4.73. The number of benzene rings is 1. The molecule has 5 nitrogen and oxygen atoms in total. The number of piperidine rings is 1. The van der Waals surface area contributed by atoms with Crippen molar-refractivity contribution < 1.29 is 4.79 Å². The van der Waals surface area contributed by atoms with Gasteiger partial charge in [0.15, 0.2) is 0 Å². The Morgan fingerprint density at radius 2 is 2.00 bits per heavy atom. The third kappa shape index (κ3) is 6.69. The Labute approximate surface area is 174 Å². The van der Waals surface area contributed by atoms with Gasteiger partial charge in [-0.15, -0.1) is 24.8 Å². The van der Waals surface area contributed by atoms with Crippen molar-refractivity contribution in [1.82, 2.24) is 15.2 Å². The van der Waals surface area contributed by atoms with Crippen molar-refractivity contribution in [2.24, 2.45) is 0 Å². The summed E-state index contributed by atoms with van der Waals surface area (Å²) < 4.78 is 0. The zero-order valence-corrected chi connectivity index (χ0v) is 17.2. The van der Waals surface area contributed by atoms with Gasteiger partial charge in [0.2, 0.25) is 5.91 Å². The smallest absolute Gasteiger partial charge is 0.242 e. The minimum atomic E-state index is 0. The van der Waals surface area contributed by atoms with E-state index < -0.39 is 0 Å². The Balaban J connectivity index is 0.00000182. The lowest BCUT2D eigenvalue weighted by Gasteiger charge is -2.34. The number of hydrogen-bond acceptors (Lipinski definition) is 4. The first-order valence-electron chi connectivity index (χ1n) is 8.90. The van der Waals surface area contributed by atoms with Crippen molar-refractivity contribution in [3.8, 4) is 0 Å². The molecule has 1 aromatic carbocycles. The Hall–Kier alpha value is -1.82. The van der Waals surface area contributed by atoms with Crippen LogP contribution in [0.3, 0.4) is 0 Å². The number of aromatic nitrogens is 1. The lowest BCUT2D eigenvalue weighted by atomic mass is 10.1. The summed E-state index contributed by atoms with van der Waals surface area (Å²) >= 11 is 0. The van der Waals surface area contributed by atoms with Gasteiger partial charge in [0.05, 0.1) is 6.54 Å². The predicted octanol–water partition coefficient (Wildman–Crippen LogP) is 3.14. The van der Waals surface area contributed by atoms with Gasteiger partial charge in [-0.1, -0.05) is 24.3 Å². The number of likely N-dealkylation sites (tertiary alicyclic amines) is 1. The van der Waals surface area contributed by atoms with Crippen LogP contribution in [0.2, 0.25) is 0 Å². The average Bonchev–Trinajstić information content (AvgIpc) is 2.69. The van der Waals surface area contributed by atoms with E-state index in [4.69, 9.17) is 0 Å². The van der Waals surface area contributed by atoms with Gasteiger partial charge in [-0.3, -0.25) is 9.78 Å². The number of para-hydroxylation sites is 1. The largest absolute Gasteiger partial charge is 0.358 e. The summed E-state index contributed by atoms with van der Waals surface area (Å²) in [7, 11) is 1.97. The Kier molecular flexibility index (Phi) is 10.1. The van der Waals surface area contributed by atoms with E-state index in [2.05, 4.69) is 27.3 Å². The van der Waals surface area contributed by atoms with E-state index in [1.54, 1.807) is 6.20 Å². The molecule has 27 heavy (non-hydrogen) atoms. The van der Waals surface area contributed by atoms with Gasteiger partial charge in [0.1, 0.15) is 0 Å². The number of hydrogen-bond donors (Lipinski definition) is 1. The maximum atomic E-state index is 12.9. The molecule has 1 fully saturated rings. The molecule has 0 aliphatic carbocycles. The maximum absolute atomic E-state index is 12.9. The van der Waals surface area contributed by atoms with E-state index >= 15 is 0 Å². The molecule has 1 unspecified atom stereocenters. The fourth-order valence-electron chi connectivity index (χ4n) is 3.29. The summed E-state index contributed by atoms with van der Waals surface area (Å²) in [5, 5.41) is 3.30. The molecular formula is C20H28Cl2N4O. The first-order valence-corrected chi connectivity index (χ1v) is 8.90. The summed E-state index contributed by atoms with van der Waals surface area (Å²) in [6.45, 7) is 2.71. The van der Waals surface area contributed by atoms with Crippen LogP contribution in [-0.4, -0.2) is 48.5 Å². The minimum absolute atomic E-state index is 0. The van der Waals surface area contributed by atoms with Crippen molar-refractivity contribution in [2.75, 3.05) is 31.6 Å². The van der Waals surface area contributed by atoms with Crippen LogP contribution in [0.4, 0.5) is 5.69 Å². The topological polar surface area (TPSA) is 48.5 Å². The summed E-state index contributed by atoms with van der Waals surface area (Å²) in [6, 6.07) is 14.5. The van der Waals surface area contributed by atoms with Gasteiger partial charge < -0.3 is 15.1 Å². The van der Waals surface area contributed by atoms with E-state index in [9.17, 15) is 4.79 Å². The highest BCUT2D eigenvalue weighted by Gasteiger charge is 2.24. The highest BCUT2D eigenvalue weighted by atomic mass is 35.5. The molecule has 1 aliphatic heterocycles. The standard InChI is InChI=1S/C20H26N4O.2ClH/c1-21-18-8-6-12-23(15-18)20(25)16-24(19-9-3-2-4-10-19)14-17-7-5-11-22-13-17;;/h2-5,7,9-11,13,18,21H,6,8,12,14-16H2,1H3;2*1H. The Morgan fingerprint density at radius 3 is 2.67 bits per heavy atom. The van der Waals surface area contributed by atoms with Gasteiger partial charge in [-0.05, 0) is 43.7 Å². The first kappa shape index (κ1) is 23.2. The monoisotopic (exact) mass is 410 g/mol. The van der Waals surface area contributed by atoms with Gasteiger partial charge in [0, 0.05) is 43.8 Å². The number of halogens is 2. The number of anilines is 1. The van der Waals surface area contributed by atoms with E-state index in [0.717, 1.165) is 37.2 Å². The normalized spacial score (nSPS) is 16.0. The number of pyridine rings is 1. The highest BCUT2D eigenvalue weighted by molar-refractivity contribution is 5.85. The number of nitrogens with zero attached hydrogens (tertiary/aromatic N) is 3. The predicted molar refractivity (Wildman–Crippen MR) is 115 cm³/mol. The highest BCUT2D eigenvalue weighted by Crippen LogP contribution is 2.18. The second-order valence-electron chi connectivity index (χ2n) is 6.52. The lowest BCUT2D eigenvalue weighted by molar-refractivity contribution is -0.131. The van der Waals surface area contributed by atoms with Crippen LogP contribution in [0.25, 0.3) is 0 Å². The van der Waals surface area contributed by atoms with E-state index in [1.807, 2.05) is 48.5 Å². The molecule has 1 amide bonds. The molecule has 3 rings (SSSR count). The molecule has 0 spiro atoms. The van der Waals surface area contributed by atoms with Crippen LogP contribution in [-0.2, 0) is 11.3 Å². The van der Waals surface area contributed by atoms with Gasteiger partial charge in [0.25, 0.3) is 0 Å². The zero-order chi connectivity index (χ0) is 17.5. The average molecular weight is 411 g/mol. The molecule has 1 aliphatic rings. The van der Waals surface area contributed by atoms with Crippen molar-refractivity contribution in [2.45, 2.75) is 25.4 Å². The van der Waals surface area contributed by atoms with Crippen molar-refractivity contribution in [3.05, 3.63) is 60.4 Å². The van der Waals surface area contributed by atoms with Crippen LogP contribution in [0, 0.1) is 0 Å². The van der Waals surface area contributed by atoms with Crippen LogP contribution < -0.4 is 10.2 Å². The van der Waals surface area contributed by atoms with Crippen LogP contribution in [0.15, 0.2) is 54.9 Å². The lowest BCUT2D eigenvalue weighted by Crippen LogP contribution is -2.49. The van der Waals surface area contributed by atoms with Crippen LogP contribution in [0.1, 0.15) is 18.4 Å². The number of amides is 1. The minimum Gasteiger partial charge on any atom is -0.358 e. The molecule has 1 aromatic heterocycles. The summed E-state index contributed by atoms with van der Waals surface area (Å²) in [4.78, 5) is 21.2. The molecule has 2 heterocycles. The number of carbonyl (C=O) groups is 1. The molecule has 0 radical (unpaired) electrons. The van der Waals surface area contributed by atoms with Gasteiger partial charge >= 0.3 is 0 Å². The quantitative estimate of drug-likeness (QED) is 0.794. The van der Waals surface area contributed by atoms with Crippen molar-refractivity contribution >= 4 is 36.4 Å².